The van der Waals surface area contributed by atoms with Crippen molar-refractivity contribution >= 4 is 17.2 Å². The van der Waals surface area contributed by atoms with Gasteiger partial charge in [-0.2, -0.15) is 0 Å². The van der Waals surface area contributed by atoms with E-state index in [2.05, 4.69) is 40.7 Å². The molecular formula is C22H30N2O2S. The van der Waals surface area contributed by atoms with E-state index in [1.165, 1.54) is 10.4 Å². The van der Waals surface area contributed by atoms with Gasteiger partial charge in [0.25, 0.3) is 0 Å². The number of piperidine rings is 1. The maximum absolute atomic E-state index is 12.1. The summed E-state index contributed by atoms with van der Waals surface area (Å²) in [6.07, 6.45) is 2.72. The van der Waals surface area contributed by atoms with Crippen LogP contribution >= 0.6 is 11.3 Å². The van der Waals surface area contributed by atoms with Crippen molar-refractivity contribution in [2.75, 3.05) is 26.2 Å². The molecule has 5 heteroatoms. The quantitative estimate of drug-likeness (QED) is 0.741. The Kier molecular flexibility index (Phi) is 7.30. The van der Waals surface area contributed by atoms with Crippen LogP contribution in [0.15, 0.2) is 35.7 Å². The van der Waals surface area contributed by atoms with Crippen LogP contribution in [0, 0.1) is 19.8 Å². The molecule has 3 rings (SSSR count). The molecule has 0 aliphatic carbocycles. The van der Waals surface area contributed by atoms with Gasteiger partial charge in [0.2, 0.25) is 5.91 Å². The van der Waals surface area contributed by atoms with Crippen molar-refractivity contribution in [1.82, 2.24) is 10.2 Å². The number of carbonyl (C=O) groups is 1. The number of likely N-dealkylation sites (tertiary alicyclic amines) is 1. The first-order valence-corrected chi connectivity index (χ1v) is 10.7. The first kappa shape index (κ1) is 19.9. The smallest absolute Gasteiger partial charge is 0.223 e. The first-order chi connectivity index (χ1) is 13.1. The van der Waals surface area contributed by atoms with E-state index in [1.807, 2.05) is 30.4 Å². The molecule has 0 atom stereocenters. The van der Waals surface area contributed by atoms with Gasteiger partial charge in [0.05, 0.1) is 13.0 Å². The zero-order valence-electron chi connectivity index (χ0n) is 16.4. The summed E-state index contributed by atoms with van der Waals surface area (Å²) in [5.74, 6) is 1.54. The minimum atomic E-state index is 0.0841. The molecule has 1 amide bonds. The zero-order valence-corrected chi connectivity index (χ0v) is 17.2. The van der Waals surface area contributed by atoms with Crippen molar-refractivity contribution in [2.24, 2.45) is 5.92 Å². The fraction of sp³-hybridized carbons (Fsp3) is 0.500. The van der Waals surface area contributed by atoms with Crippen molar-refractivity contribution in [3.63, 3.8) is 0 Å². The van der Waals surface area contributed by atoms with Crippen molar-refractivity contribution < 1.29 is 9.53 Å². The van der Waals surface area contributed by atoms with Crippen molar-refractivity contribution in [2.45, 2.75) is 39.7 Å². The summed E-state index contributed by atoms with van der Waals surface area (Å²) in [6, 6.07) is 10.4. The molecular weight excluding hydrogens is 356 g/mol. The number of thiophene rings is 1. The van der Waals surface area contributed by atoms with E-state index in [1.54, 1.807) is 0 Å². The van der Waals surface area contributed by atoms with Gasteiger partial charge in [0, 0.05) is 18.0 Å². The van der Waals surface area contributed by atoms with Gasteiger partial charge >= 0.3 is 0 Å². The molecule has 4 nitrogen and oxygen atoms in total. The van der Waals surface area contributed by atoms with Crippen LogP contribution in [0.2, 0.25) is 0 Å². The normalized spacial score (nSPS) is 15.6. The van der Waals surface area contributed by atoms with Gasteiger partial charge in [0.1, 0.15) is 5.75 Å². The maximum Gasteiger partial charge on any atom is 0.223 e. The zero-order chi connectivity index (χ0) is 19.1. The largest absolute Gasteiger partial charge is 0.493 e. The van der Waals surface area contributed by atoms with Crippen LogP contribution < -0.4 is 10.1 Å². The number of nitrogens with one attached hydrogen (secondary N) is 1. The molecule has 0 saturated carbocycles. The average Bonchev–Trinajstić information content (AvgIpc) is 3.16. The molecule has 27 heavy (non-hydrogen) atoms. The van der Waals surface area contributed by atoms with E-state index < -0.39 is 0 Å². The topological polar surface area (TPSA) is 41.6 Å². The number of ether oxygens (including phenoxy) is 1. The van der Waals surface area contributed by atoms with Crippen LogP contribution in [0.1, 0.15) is 35.3 Å². The second-order valence-electron chi connectivity index (χ2n) is 7.47. The lowest BCUT2D eigenvalue weighted by Gasteiger charge is -2.31. The lowest BCUT2D eigenvalue weighted by molar-refractivity contribution is -0.121. The monoisotopic (exact) mass is 386 g/mol. The molecule has 1 fully saturated rings. The molecule has 1 saturated heterocycles. The number of nitrogens with zero attached hydrogens (tertiary/aromatic N) is 1. The molecule has 0 unspecified atom stereocenters. The second-order valence-corrected chi connectivity index (χ2v) is 8.50. The van der Waals surface area contributed by atoms with Crippen molar-refractivity contribution in [3.8, 4) is 5.75 Å². The van der Waals surface area contributed by atoms with Gasteiger partial charge in [-0.1, -0.05) is 23.8 Å². The van der Waals surface area contributed by atoms with E-state index in [0.717, 1.165) is 50.3 Å². The Morgan fingerprint density at radius 2 is 2.07 bits per heavy atom. The third-order valence-electron chi connectivity index (χ3n) is 5.17. The highest BCUT2D eigenvalue weighted by Crippen LogP contribution is 2.20. The molecule has 0 bridgehead atoms. The third-order valence-corrected chi connectivity index (χ3v) is 6.03. The lowest BCUT2D eigenvalue weighted by atomic mass is 9.96. The molecule has 1 aliphatic rings. The third kappa shape index (κ3) is 6.36. The van der Waals surface area contributed by atoms with Gasteiger partial charge in [-0.15, -0.1) is 11.3 Å². The minimum Gasteiger partial charge on any atom is -0.493 e. The Bertz CT molecular complexity index is 722. The molecule has 0 spiro atoms. The number of amides is 1. The molecule has 146 valence electrons. The van der Waals surface area contributed by atoms with E-state index in [0.29, 0.717) is 18.9 Å². The fourth-order valence-corrected chi connectivity index (χ4v) is 4.28. The first-order valence-electron chi connectivity index (χ1n) is 9.81. The van der Waals surface area contributed by atoms with Gasteiger partial charge in [-0.25, -0.2) is 0 Å². The second kappa shape index (κ2) is 9.90. The predicted molar refractivity (Wildman–Crippen MR) is 111 cm³/mol. The highest BCUT2D eigenvalue weighted by Gasteiger charge is 2.20. The van der Waals surface area contributed by atoms with Gasteiger partial charge in [0.15, 0.2) is 0 Å². The Balaban J connectivity index is 1.29. The van der Waals surface area contributed by atoms with E-state index in [-0.39, 0.29) is 5.91 Å². The van der Waals surface area contributed by atoms with Crippen LogP contribution in [0.25, 0.3) is 0 Å². The summed E-state index contributed by atoms with van der Waals surface area (Å²) in [4.78, 5) is 16.0. The summed E-state index contributed by atoms with van der Waals surface area (Å²) < 4.78 is 5.75. The van der Waals surface area contributed by atoms with Crippen LogP contribution in [-0.2, 0) is 11.3 Å². The Hall–Kier alpha value is -1.85. The summed E-state index contributed by atoms with van der Waals surface area (Å²) >= 11 is 1.83. The van der Waals surface area contributed by atoms with E-state index in [4.69, 9.17) is 4.74 Å². The van der Waals surface area contributed by atoms with Gasteiger partial charge in [-0.3, -0.25) is 9.69 Å². The Morgan fingerprint density at radius 1 is 1.26 bits per heavy atom. The molecule has 1 N–H and O–H groups in total. The van der Waals surface area contributed by atoms with Gasteiger partial charge < -0.3 is 10.1 Å². The highest BCUT2D eigenvalue weighted by molar-refractivity contribution is 7.09. The summed E-state index contributed by atoms with van der Waals surface area (Å²) in [6.45, 7) is 8.61. The number of carbonyl (C=O) groups excluding carboxylic acids is 1. The van der Waals surface area contributed by atoms with E-state index >= 15 is 0 Å². The molecule has 0 radical (unpaired) electrons. The Morgan fingerprint density at radius 3 is 2.78 bits per heavy atom. The molecule has 1 aromatic carbocycles. The van der Waals surface area contributed by atoms with Gasteiger partial charge in [-0.05, 0) is 68.8 Å². The van der Waals surface area contributed by atoms with Crippen molar-refractivity contribution in [3.05, 3.63) is 51.7 Å². The highest BCUT2D eigenvalue weighted by atomic mass is 32.1. The number of hydrogen-bond acceptors (Lipinski definition) is 4. The summed E-state index contributed by atoms with van der Waals surface area (Å²) in [5.41, 5.74) is 2.34. The minimum absolute atomic E-state index is 0.0841. The maximum atomic E-state index is 12.1. The van der Waals surface area contributed by atoms with Crippen molar-refractivity contribution in [1.29, 1.82) is 0 Å². The lowest BCUT2D eigenvalue weighted by Crippen LogP contribution is -2.38. The summed E-state index contributed by atoms with van der Waals surface area (Å²) in [7, 11) is 0. The molecule has 2 heterocycles. The molecule has 2 aromatic rings. The van der Waals surface area contributed by atoms with E-state index in [9.17, 15) is 4.79 Å². The van der Waals surface area contributed by atoms with Crippen LogP contribution in [0.5, 0.6) is 5.75 Å². The van der Waals surface area contributed by atoms with Crippen LogP contribution in [0.3, 0.4) is 0 Å². The summed E-state index contributed by atoms with van der Waals surface area (Å²) in [5, 5.41) is 5.23. The van der Waals surface area contributed by atoms with Crippen LogP contribution in [-0.4, -0.2) is 37.0 Å². The fourth-order valence-electron chi connectivity index (χ4n) is 3.53. The average molecular weight is 387 g/mol. The number of aryl methyl sites for hydroxylation is 2. The standard InChI is InChI=1S/C22H30N2O2S/c1-17-5-6-21(18(2)14-17)26-12-9-22(25)23-15-19-7-10-24(11-8-19)16-20-4-3-13-27-20/h3-6,13-14,19H,7-12,15-16H2,1-2H3,(H,23,25). The number of hydrogen-bond donors (Lipinski definition) is 1. The number of benzene rings is 1. The SMILES string of the molecule is Cc1ccc(OCCC(=O)NCC2CCN(Cc3cccs3)CC2)c(C)c1. The Labute approximate surface area is 166 Å². The van der Waals surface area contributed by atoms with Crippen LogP contribution in [0.4, 0.5) is 0 Å². The number of rotatable bonds is 8. The molecule has 1 aliphatic heterocycles. The molecule has 1 aromatic heterocycles. The predicted octanol–water partition coefficient (Wildman–Crippen LogP) is 4.16.